The first kappa shape index (κ1) is 21.6. The molecule has 168 valence electrons. The van der Waals surface area contributed by atoms with Crippen LogP contribution in [-0.2, 0) is 14.4 Å². The number of para-hydroxylation sites is 2. The highest BCUT2D eigenvalue weighted by atomic mass is 32.1. The summed E-state index contributed by atoms with van der Waals surface area (Å²) in [5.41, 5.74) is 2.34. The molecule has 0 radical (unpaired) electrons. The van der Waals surface area contributed by atoms with Gasteiger partial charge < -0.3 is 5.11 Å². The SMILES string of the molecule is O=C(NN=C1C(=O)N(c2nccs2)C(=O)C(=O)C1c1nc2ccccc2s1)c1ccccc1O. The molecule has 2 aromatic heterocycles. The highest BCUT2D eigenvalue weighted by Crippen LogP contribution is 2.34. The van der Waals surface area contributed by atoms with Gasteiger partial charge in [0.1, 0.15) is 22.4 Å². The molecule has 2 aromatic carbocycles. The predicted octanol–water partition coefficient (Wildman–Crippen LogP) is 2.47. The van der Waals surface area contributed by atoms with Gasteiger partial charge in [0.15, 0.2) is 5.13 Å². The Bertz CT molecular complexity index is 1460. The van der Waals surface area contributed by atoms with Crippen molar-refractivity contribution in [2.75, 3.05) is 4.90 Å². The van der Waals surface area contributed by atoms with Gasteiger partial charge in [-0.05, 0) is 24.3 Å². The van der Waals surface area contributed by atoms with Crippen molar-refractivity contribution in [1.82, 2.24) is 15.4 Å². The number of hydrogen-bond donors (Lipinski definition) is 2. The monoisotopic (exact) mass is 491 g/mol. The number of anilines is 1. The summed E-state index contributed by atoms with van der Waals surface area (Å²) in [5.74, 6) is -5.38. The quantitative estimate of drug-likeness (QED) is 0.254. The number of benzene rings is 2. The number of imide groups is 1. The number of nitrogens with zero attached hydrogens (tertiary/aromatic N) is 4. The molecule has 4 aromatic rings. The lowest BCUT2D eigenvalue weighted by atomic mass is 9.92. The van der Waals surface area contributed by atoms with Crippen LogP contribution in [-0.4, -0.2) is 44.3 Å². The number of phenols is 1. The third-order valence-electron chi connectivity index (χ3n) is 4.97. The van der Waals surface area contributed by atoms with Crippen molar-refractivity contribution >= 4 is 67.2 Å². The van der Waals surface area contributed by atoms with Crippen molar-refractivity contribution in [1.29, 1.82) is 0 Å². The molecule has 5 rings (SSSR count). The molecule has 1 aliphatic rings. The van der Waals surface area contributed by atoms with E-state index in [-0.39, 0.29) is 27.2 Å². The average Bonchev–Trinajstić information content (AvgIpc) is 3.51. The first-order valence-electron chi connectivity index (χ1n) is 9.79. The van der Waals surface area contributed by atoms with Crippen LogP contribution in [0.25, 0.3) is 10.2 Å². The summed E-state index contributed by atoms with van der Waals surface area (Å²) in [6.07, 6.45) is 1.39. The van der Waals surface area contributed by atoms with E-state index in [1.54, 1.807) is 41.8 Å². The maximum absolute atomic E-state index is 13.4. The van der Waals surface area contributed by atoms with Crippen LogP contribution < -0.4 is 10.3 Å². The molecule has 34 heavy (non-hydrogen) atoms. The summed E-state index contributed by atoms with van der Waals surface area (Å²) < 4.78 is 0.755. The molecule has 1 fully saturated rings. The lowest BCUT2D eigenvalue weighted by molar-refractivity contribution is -0.139. The van der Waals surface area contributed by atoms with Crippen molar-refractivity contribution < 1.29 is 24.3 Å². The number of amides is 3. The van der Waals surface area contributed by atoms with Gasteiger partial charge in [-0.25, -0.2) is 20.3 Å². The summed E-state index contributed by atoms with van der Waals surface area (Å²) in [6, 6.07) is 12.9. The Kier molecular flexibility index (Phi) is 5.43. The maximum atomic E-state index is 13.4. The van der Waals surface area contributed by atoms with E-state index in [0.29, 0.717) is 10.4 Å². The zero-order valence-electron chi connectivity index (χ0n) is 17.0. The van der Waals surface area contributed by atoms with Gasteiger partial charge in [0.2, 0.25) is 5.78 Å². The van der Waals surface area contributed by atoms with Gasteiger partial charge in [-0.15, -0.1) is 22.7 Å². The van der Waals surface area contributed by atoms with Crippen LogP contribution in [0, 0.1) is 0 Å². The van der Waals surface area contributed by atoms with Gasteiger partial charge in [0, 0.05) is 11.6 Å². The Morgan fingerprint density at radius 3 is 2.56 bits per heavy atom. The highest BCUT2D eigenvalue weighted by Gasteiger charge is 2.49. The van der Waals surface area contributed by atoms with Crippen LogP contribution in [0.4, 0.5) is 5.13 Å². The molecule has 1 unspecified atom stereocenters. The number of ketones is 1. The van der Waals surface area contributed by atoms with Gasteiger partial charge in [0.25, 0.3) is 11.8 Å². The predicted molar refractivity (Wildman–Crippen MR) is 125 cm³/mol. The normalized spacial score (nSPS) is 17.5. The Balaban J connectivity index is 1.59. The standard InChI is InChI=1S/C22H13N5O5S2/c28-13-7-3-1-5-11(13)18(30)26-25-16-15(19-24-12-6-2-4-8-14(12)34-19)17(29)21(32)27(20(16)31)22-23-9-10-33-22/h1-10,15,28H,(H,26,30). The topological polar surface area (TPSA) is 142 Å². The van der Waals surface area contributed by atoms with E-state index < -0.39 is 29.4 Å². The smallest absolute Gasteiger partial charge is 0.304 e. The average molecular weight is 492 g/mol. The number of carbonyl (C=O) groups is 4. The molecule has 0 saturated carbocycles. The fourth-order valence-electron chi connectivity index (χ4n) is 3.38. The molecule has 10 nitrogen and oxygen atoms in total. The number of phenolic OH excluding ortho intramolecular Hbond substituents is 1. The number of hydrazone groups is 1. The van der Waals surface area contributed by atoms with E-state index >= 15 is 0 Å². The first-order chi connectivity index (χ1) is 16.5. The van der Waals surface area contributed by atoms with Gasteiger partial charge >= 0.3 is 5.91 Å². The Morgan fingerprint density at radius 2 is 1.82 bits per heavy atom. The number of Topliss-reactive ketones (excluding diaryl/α,β-unsaturated/α-hetero) is 1. The molecule has 2 N–H and O–H groups in total. The molecule has 0 bridgehead atoms. The molecule has 12 heteroatoms. The minimum atomic E-state index is -1.40. The number of hydrogen-bond acceptors (Lipinski definition) is 10. The second-order valence-corrected chi connectivity index (χ2v) is 8.97. The van der Waals surface area contributed by atoms with Crippen molar-refractivity contribution in [3.8, 4) is 5.75 Å². The van der Waals surface area contributed by atoms with Crippen molar-refractivity contribution in [2.45, 2.75) is 5.92 Å². The van der Waals surface area contributed by atoms with Gasteiger partial charge in [-0.3, -0.25) is 19.2 Å². The fourth-order valence-corrected chi connectivity index (χ4v) is 5.09. The lowest BCUT2D eigenvalue weighted by Gasteiger charge is -2.27. The largest absolute Gasteiger partial charge is 0.507 e. The van der Waals surface area contributed by atoms with E-state index in [0.717, 1.165) is 27.4 Å². The van der Waals surface area contributed by atoms with E-state index in [2.05, 4.69) is 20.5 Å². The summed E-state index contributed by atoms with van der Waals surface area (Å²) in [7, 11) is 0. The minimum absolute atomic E-state index is 0.00540. The van der Waals surface area contributed by atoms with Crippen LogP contribution in [0.15, 0.2) is 65.2 Å². The number of carbonyl (C=O) groups excluding carboxylic acids is 4. The second kappa shape index (κ2) is 8.57. The molecule has 1 aliphatic heterocycles. The summed E-state index contributed by atoms with van der Waals surface area (Å²) in [6.45, 7) is 0. The third kappa shape index (κ3) is 3.64. The first-order valence-corrected chi connectivity index (χ1v) is 11.5. The Morgan fingerprint density at radius 1 is 1.06 bits per heavy atom. The van der Waals surface area contributed by atoms with Crippen LogP contribution in [0.3, 0.4) is 0 Å². The van der Waals surface area contributed by atoms with Crippen LogP contribution in [0.1, 0.15) is 21.3 Å². The molecule has 1 saturated heterocycles. The molecular formula is C22H13N5O5S2. The Hall–Kier alpha value is -4.29. The summed E-state index contributed by atoms with van der Waals surface area (Å²) in [4.78, 5) is 61.1. The van der Waals surface area contributed by atoms with Crippen molar-refractivity contribution in [3.05, 3.63) is 70.7 Å². The van der Waals surface area contributed by atoms with Crippen molar-refractivity contribution in [3.63, 3.8) is 0 Å². The number of fused-ring (bicyclic) bond motifs is 1. The zero-order valence-corrected chi connectivity index (χ0v) is 18.7. The number of thiazole rings is 2. The molecule has 3 heterocycles. The van der Waals surface area contributed by atoms with Gasteiger partial charge in [0.05, 0.1) is 15.8 Å². The Labute approximate surface area is 199 Å². The van der Waals surface area contributed by atoms with E-state index in [9.17, 15) is 24.3 Å². The zero-order chi connectivity index (χ0) is 23.8. The molecule has 0 aliphatic carbocycles. The number of aromatic nitrogens is 2. The maximum Gasteiger partial charge on any atom is 0.304 e. The van der Waals surface area contributed by atoms with Crippen molar-refractivity contribution in [2.24, 2.45) is 5.10 Å². The van der Waals surface area contributed by atoms with E-state index in [1.807, 2.05) is 0 Å². The minimum Gasteiger partial charge on any atom is -0.507 e. The van der Waals surface area contributed by atoms with Crippen LogP contribution >= 0.6 is 22.7 Å². The second-order valence-electron chi connectivity index (χ2n) is 7.03. The lowest BCUT2D eigenvalue weighted by Crippen LogP contribution is -2.55. The van der Waals surface area contributed by atoms with Crippen LogP contribution in [0.2, 0.25) is 0 Å². The van der Waals surface area contributed by atoms with Crippen LogP contribution in [0.5, 0.6) is 5.75 Å². The molecule has 1 atom stereocenters. The van der Waals surface area contributed by atoms with E-state index in [1.165, 1.54) is 18.3 Å². The number of aromatic hydroxyl groups is 1. The number of rotatable bonds is 4. The molecule has 3 amide bonds. The summed E-state index contributed by atoms with van der Waals surface area (Å²) >= 11 is 2.14. The third-order valence-corrected chi connectivity index (χ3v) is 6.82. The van der Waals surface area contributed by atoms with Gasteiger partial charge in [-0.1, -0.05) is 24.3 Å². The summed E-state index contributed by atoms with van der Waals surface area (Å²) in [5, 5.41) is 15.6. The van der Waals surface area contributed by atoms with E-state index in [4.69, 9.17) is 0 Å². The highest BCUT2D eigenvalue weighted by molar-refractivity contribution is 7.19. The van der Waals surface area contributed by atoms with Gasteiger partial charge in [-0.2, -0.15) is 5.10 Å². The molecule has 0 spiro atoms. The fraction of sp³-hybridized carbons (Fsp3) is 0.0455. The number of nitrogens with one attached hydrogen (secondary N) is 1. The number of piperidine rings is 1. The molecular weight excluding hydrogens is 478 g/mol.